The molecular weight excluding hydrogens is 268 g/mol. The van der Waals surface area contributed by atoms with E-state index in [2.05, 4.69) is 26.4 Å². The van der Waals surface area contributed by atoms with Gasteiger partial charge in [0.1, 0.15) is 5.82 Å². The Bertz CT molecular complexity index is 546. The zero-order valence-electron chi connectivity index (χ0n) is 11.8. The standard InChI is InChI=1S/C14H18N6O/c15-10-19-6-3-11(9-19)14(21)18-12-7-17-13(8-16-12)20-4-1-2-5-20/h7-8,11H,1-6,9H2,(H,16,18,21)/t11-/m0/s1. The van der Waals surface area contributed by atoms with Gasteiger partial charge in [0.25, 0.3) is 0 Å². The van der Waals surface area contributed by atoms with Crippen molar-refractivity contribution in [3.05, 3.63) is 12.4 Å². The van der Waals surface area contributed by atoms with Crippen molar-refractivity contribution in [2.75, 3.05) is 36.4 Å². The van der Waals surface area contributed by atoms with E-state index in [1.165, 1.54) is 12.8 Å². The van der Waals surface area contributed by atoms with Gasteiger partial charge in [-0.15, -0.1) is 0 Å². The molecule has 1 N–H and O–H groups in total. The average Bonchev–Trinajstić information content (AvgIpc) is 3.19. The van der Waals surface area contributed by atoms with Crippen molar-refractivity contribution >= 4 is 17.5 Å². The van der Waals surface area contributed by atoms with E-state index < -0.39 is 0 Å². The van der Waals surface area contributed by atoms with Gasteiger partial charge < -0.3 is 15.1 Å². The molecule has 0 radical (unpaired) electrons. The summed E-state index contributed by atoms with van der Waals surface area (Å²) in [6.07, 6.45) is 8.47. The third-order valence-electron chi connectivity index (χ3n) is 4.02. The van der Waals surface area contributed by atoms with E-state index in [0.717, 1.165) is 18.9 Å². The molecule has 0 bridgehead atoms. The molecule has 1 aromatic rings. The normalized spacial score (nSPS) is 21.4. The van der Waals surface area contributed by atoms with Crippen LogP contribution in [0.1, 0.15) is 19.3 Å². The number of nitrogens with zero attached hydrogens (tertiary/aromatic N) is 5. The van der Waals surface area contributed by atoms with E-state index in [4.69, 9.17) is 5.26 Å². The largest absolute Gasteiger partial charge is 0.355 e. The van der Waals surface area contributed by atoms with Gasteiger partial charge in [-0.2, -0.15) is 5.26 Å². The third kappa shape index (κ3) is 3.05. The summed E-state index contributed by atoms with van der Waals surface area (Å²) in [4.78, 5) is 24.5. The Morgan fingerprint density at radius 2 is 2.10 bits per heavy atom. The third-order valence-corrected chi connectivity index (χ3v) is 4.02. The molecule has 3 rings (SSSR count). The number of aromatic nitrogens is 2. The predicted molar refractivity (Wildman–Crippen MR) is 77.4 cm³/mol. The fraction of sp³-hybridized carbons (Fsp3) is 0.571. The van der Waals surface area contributed by atoms with Gasteiger partial charge in [-0.05, 0) is 19.3 Å². The van der Waals surface area contributed by atoms with Gasteiger partial charge in [0.15, 0.2) is 12.0 Å². The number of anilines is 2. The molecule has 1 aromatic heterocycles. The van der Waals surface area contributed by atoms with Crippen LogP contribution in [0.25, 0.3) is 0 Å². The number of hydrogen-bond donors (Lipinski definition) is 1. The van der Waals surface area contributed by atoms with Crippen LogP contribution < -0.4 is 10.2 Å². The van der Waals surface area contributed by atoms with Crippen molar-refractivity contribution < 1.29 is 4.79 Å². The lowest BCUT2D eigenvalue weighted by atomic mass is 10.1. The van der Waals surface area contributed by atoms with Crippen LogP contribution in [-0.2, 0) is 4.79 Å². The molecule has 0 saturated carbocycles. The van der Waals surface area contributed by atoms with Crippen LogP contribution in [0.5, 0.6) is 0 Å². The van der Waals surface area contributed by atoms with Crippen molar-refractivity contribution in [2.45, 2.75) is 19.3 Å². The molecule has 0 unspecified atom stereocenters. The van der Waals surface area contributed by atoms with Crippen LogP contribution in [-0.4, -0.2) is 47.0 Å². The molecule has 2 aliphatic heterocycles. The quantitative estimate of drug-likeness (QED) is 0.828. The Morgan fingerprint density at radius 1 is 1.29 bits per heavy atom. The Hall–Kier alpha value is -2.36. The smallest absolute Gasteiger partial charge is 0.230 e. The number of likely N-dealkylation sites (tertiary alicyclic amines) is 1. The van der Waals surface area contributed by atoms with Crippen LogP contribution >= 0.6 is 0 Å². The summed E-state index contributed by atoms with van der Waals surface area (Å²) in [6, 6.07) is 0. The molecule has 0 spiro atoms. The summed E-state index contributed by atoms with van der Waals surface area (Å²) in [5.41, 5.74) is 0. The van der Waals surface area contributed by atoms with Gasteiger partial charge in [-0.25, -0.2) is 9.97 Å². The van der Waals surface area contributed by atoms with Crippen LogP contribution in [0.3, 0.4) is 0 Å². The molecule has 2 fully saturated rings. The highest BCUT2D eigenvalue weighted by molar-refractivity contribution is 5.91. The monoisotopic (exact) mass is 286 g/mol. The molecule has 0 aromatic carbocycles. The molecular formula is C14H18N6O. The number of hydrogen-bond acceptors (Lipinski definition) is 6. The molecule has 2 aliphatic rings. The molecule has 0 aliphatic carbocycles. The van der Waals surface area contributed by atoms with E-state index in [1.54, 1.807) is 17.3 Å². The van der Waals surface area contributed by atoms with Crippen molar-refractivity contribution in [3.8, 4) is 6.19 Å². The number of rotatable bonds is 3. The van der Waals surface area contributed by atoms with Crippen molar-refractivity contribution in [3.63, 3.8) is 0 Å². The maximum absolute atomic E-state index is 12.1. The number of carbonyl (C=O) groups excluding carboxylic acids is 1. The molecule has 7 nitrogen and oxygen atoms in total. The molecule has 7 heteroatoms. The Morgan fingerprint density at radius 3 is 2.71 bits per heavy atom. The van der Waals surface area contributed by atoms with Crippen LogP contribution in [0, 0.1) is 17.4 Å². The van der Waals surface area contributed by atoms with E-state index in [9.17, 15) is 4.79 Å². The summed E-state index contributed by atoms with van der Waals surface area (Å²) in [5.74, 6) is 1.10. The minimum atomic E-state index is -0.148. The SMILES string of the molecule is N#CN1CC[C@H](C(=O)Nc2cnc(N3CCCC3)cn2)C1. The zero-order valence-corrected chi connectivity index (χ0v) is 11.8. The van der Waals surface area contributed by atoms with Gasteiger partial charge >= 0.3 is 0 Å². The Labute approximate surface area is 123 Å². The van der Waals surface area contributed by atoms with Gasteiger partial charge in [0.05, 0.1) is 18.3 Å². The lowest BCUT2D eigenvalue weighted by Crippen LogP contribution is -2.26. The molecule has 2 saturated heterocycles. The number of amides is 1. The Balaban J connectivity index is 1.57. The van der Waals surface area contributed by atoms with Crippen LogP contribution in [0.2, 0.25) is 0 Å². The first-order chi connectivity index (χ1) is 10.3. The predicted octanol–water partition coefficient (Wildman–Crippen LogP) is 0.818. The first-order valence-electron chi connectivity index (χ1n) is 7.29. The van der Waals surface area contributed by atoms with E-state index in [-0.39, 0.29) is 11.8 Å². The van der Waals surface area contributed by atoms with Crippen LogP contribution in [0.4, 0.5) is 11.6 Å². The summed E-state index contributed by atoms with van der Waals surface area (Å²) < 4.78 is 0. The number of nitrogens with one attached hydrogen (secondary N) is 1. The molecule has 21 heavy (non-hydrogen) atoms. The second kappa shape index (κ2) is 5.95. The highest BCUT2D eigenvalue weighted by Crippen LogP contribution is 2.19. The maximum atomic E-state index is 12.1. The second-order valence-electron chi connectivity index (χ2n) is 5.47. The number of nitriles is 1. The fourth-order valence-electron chi connectivity index (χ4n) is 2.79. The minimum absolute atomic E-state index is 0.0871. The number of carbonyl (C=O) groups is 1. The first-order valence-corrected chi connectivity index (χ1v) is 7.29. The van der Waals surface area contributed by atoms with Crippen molar-refractivity contribution in [2.24, 2.45) is 5.92 Å². The van der Waals surface area contributed by atoms with Crippen LogP contribution in [0.15, 0.2) is 12.4 Å². The topological polar surface area (TPSA) is 85.2 Å². The summed E-state index contributed by atoms with van der Waals surface area (Å²) in [5, 5.41) is 11.6. The minimum Gasteiger partial charge on any atom is -0.355 e. The lowest BCUT2D eigenvalue weighted by Gasteiger charge is -2.16. The molecule has 1 amide bonds. The average molecular weight is 286 g/mol. The Kier molecular flexibility index (Phi) is 3.86. The molecule has 3 heterocycles. The van der Waals surface area contributed by atoms with Gasteiger partial charge in [-0.3, -0.25) is 4.79 Å². The zero-order chi connectivity index (χ0) is 14.7. The highest BCUT2D eigenvalue weighted by atomic mass is 16.2. The van der Waals surface area contributed by atoms with Crippen molar-refractivity contribution in [1.82, 2.24) is 14.9 Å². The maximum Gasteiger partial charge on any atom is 0.230 e. The van der Waals surface area contributed by atoms with Gasteiger partial charge in [0, 0.05) is 26.2 Å². The first kappa shape index (κ1) is 13.6. The summed E-state index contributed by atoms with van der Waals surface area (Å²) in [7, 11) is 0. The van der Waals surface area contributed by atoms with Gasteiger partial charge in [0.2, 0.25) is 5.91 Å². The van der Waals surface area contributed by atoms with Crippen molar-refractivity contribution in [1.29, 1.82) is 5.26 Å². The van der Waals surface area contributed by atoms with E-state index in [0.29, 0.717) is 25.3 Å². The highest BCUT2D eigenvalue weighted by Gasteiger charge is 2.28. The van der Waals surface area contributed by atoms with Gasteiger partial charge in [-0.1, -0.05) is 0 Å². The second-order valence-corrected chi connectivity index (χ2v) is 5.47. The van der Waals surface area contributed by atoms with E-state index >= 15 is 0 Å². The summed E-state index contributed by atoms with van der Waals surface area (Å²) >= 11 is 0. The lowest BCUT2D eigenvalue weighted by molar-refractivity contribution is -0.119. The molecule has 1 atom stereocenters. The van der Waals surface area contributed by atoms with E-state index in [1.807, 2.05) is 0 Å². The summed E-state index contributed by atoms with van der Waals surface area (Å²) in [6.45, 7) is 3.18. The molecule has 110 valence electrons. The fourth-order valence-corrected chi connectivity index (χ4v) is 2.79.